The lowest BCUT2D eigenvalue weighted by atomic mass is 10.3. The van der Waals surface area contributed by atoms with Crippen molar-refractivity contribution in [3.63, 3.8) is 0 Å². The largest absolute Gasteiger partial charge is 0.325 e. The lowest BCUT2D eigenvalue weighted by Crippen LogP contribution is -2.30. The Bertz CT molecular complexity index is 582. The minimum Gasteiger partial charge on any atom is -0.325 e. The number of amides is 1. The van der Waals surface area contributed by atoms with Gasteiger partial charge in [-0.15, -0.1) is 11.3 Å². The minimum absolute atomic E-state index is 0.0599. The van der Waals surface area contributed by atoms with Crippen molar-refractivity contribution in [1.29, 1.82) is 0 Å². The first-order chi connectivity index (χ1) is 9.54. The molecule has 0 aliphatic carbocycles. The second kappa shape index (κ2) is 6.83. The van der Waals surface area contributed by atoms with Crippen LogP contribution in [0.5, 0.6) is 0 Å². The second-order valence-corrected chi connectivity index (χ2v) is 6.17. The van der Waals surface area contributed by atoms with Gasteiger partial charge in [0.2, 0.25) is 5.91 Å². The summed E-state index contributed by atoms with van der Waals surface area (Å²) < 4.78 is 0. The van der Waals surface area contributed by atoms with E-state index in [1.807, 2.05) is 20.0 Å². The summed E-state index contributed by atoms with van der Waals surface area (Å²) in [5.41, 5.74) is 0.735. The van der Waals surface area contributed by atoms with E-state index in [-0.39, 0.29) is 18.5 Å². The monoisotopic (exact) mass is 309 g/mol. The van der Waals surface area contributed by atoms with Crippen molar-refractivity contribution in [2.75, 3.05) is 11.9 Å². The highest BCUT2D eigenvalue weighted by Gasteiger charge is 2.10. The molecule has 0 spiro atoms. The minimum atomic E-state index is -0.0903. The highest BCUT2D eigenvalue weighted by Crippen LogP contribution is 2.18. The molecule has 1 amide bonds. The van der Waals surface area contributed by atoms with Crippen LogP contribution in [-0.4, -0.2) is 17.4 Å². The van der Waals surface area contributed by atoms with Crippen LogP contribution >= 0.6 is 22.9 Å². The van der Waals surface area contributed by atoms with Crippen molar-refractivity contribution >= 4 is 34.5 Å². The van der Waals surface area contributed by atoms with Gasteiger partial charge in [-0.2, -0.15) is 0 Å². The van der Waals surface area contributed by atoms with Gasteiger partial charge in [0.15, 0.2) is 0 Å². The van der Waals surface area contributed by atoms with E-state index in [0.717, 1.165) is 10.7 Å². The Morgan fingerprint density at radius 2 is 2.10 bits per heavy atom. The van der Waals surface area contributed by atoms with Crippen LogP contribution in [0.4, 0.5) is 5.69 Å². The summed E-state index contributed by atoms with van der Waals surface area (Å²) in [6.07, 6.45) is 1.84. The highest BCUT2D eigenvalue weighted by molar-refractivity contribution is 7.11. The Morgan fingerprint density at radius 1 is 1.40 bits per heavy atom. The quantitative estimate of drug-likeness (QED) is 0.890. The molecule has 6 heteroatoms. The van der Waals surface area contributed by atoms with Crippen molar-refractivity contribution in [2.45, 2.75) is 19.9 Å². The van der Waals surface area contributed by atoms with Crippen molar-refractivity contribution < 1.29 is 4.79 Å². The van der Waals surface area contributed by atoms with Gasteiger partial charge in [-0.05, 0) is 38.1 Å². The normalized spacial score (nSPS) is 12.2. The third-order valence-electron chi connectivity index (χ3n) is 2.71. The van der Waals surface area contributed by atoms with Crippen LogP contribution < -0.4 is 10.6 Å². The number of rotatable bonds is 5. The van der Waals surface area contributed by atoms with E-state index in [1.165, 1.54) is 4.88 Å². The SMILES string of the molecule is Cc1cnc(C(C)NCC(=O)Nc2ccc(Cl)cc2)s1. The summed E-state index contributed by atoms with van der Waals surface area (Å²) in [6, 6.07) is 7.09. The summed E-state index contributed by atoms with van der Waals surface area (Å²) in [4.78, 5) is 17.3. The van der Waals surface area contributed by atoms with Gasteiger partial charge in [-0.1, -0.05) is 11.6 Å². The first-order valence-electron chi connectivity index (χ1n) is 6.26. The maximum Gasteiger partial charge on any atom is 0.238 e. The third-order valence-corrected chi connectivity index (χ3v) is 4.05. The smallest absolute Gasteiger partial charge is 0.238 e. The molecule has 1 aromatic heterocycles. The van der Waals surface area contributed by atoms with E-state index < -0.39 is 0 Å². The number of halogens is 1. The van der Waals surface area contributed by atoms with E-state index in [9.17, 15) is 4.79 Å². The molecular formula is C14H16ClN3OS. The molecule has 106 valence electrons. The van der Waals surface area contributed by atoms with Crippen LogP contribution in [0.2, 0.25) is 5.02 Å². The topological polar surface area (TPSA) is 54.0 Å². The molecule has 1 unspecified atom stereocenters. The molecule has 1 atom stereocenters. The number of aromatic nitrogens is 1. The summed E-state index contributed by atoms with van der Waals surface area (Å²) in [7, 11) is 0. The number of nitrogens with one attached hydrogen (secondary N) is 2. The molecule has 2 N–H and O–H groups in total. The van der Waals surface area contributed by atoms with E-state index >= 15 is 0 Å². The molecular weight excluding hydrogens is 294 g/mol. The molecule has 2 rings (SSSR count). The zero-order valence-electron chi connectivity index (χ0n) is 11.3. The summed E-state index contributed by atoms with van der Waals surface area (Å²) >= 11 is 7.42. The van der Waals surface area contributed by atoms with E-state index in [2.05, 4.69) is 15.6 Å². The number of benzene rings is 1. The van der Waals surface area contributed by atoms with Gasteiger partial charge >= 0.3 is 0 Å². The fourth-order valence-corrected chi connectivity index (χ4v) is 2.57. The molecule has 1 aromatic carbocycles. The number of aryl methyl sites for hydroxylation is 1. The maximum atomic E-state index is 11.8. The zero-order valence-corrected chi connectivity index (χ0v) is 12.9. The van der Waals surface area contributed by atoms with Gasteiger partial charge < -0.3 is 5.32 Å². The fourth-order valence-electron chi connectivity index (χ4n) is 1.64. The standard InChI is InChI=1S/C14H16ClN3OS/c1-9-7-17-14(20-9)10(2)16-8-13(19)18-12-5-3-11(15)4-6-12/h3-7,10,16H,8H2,1-2H3,(H,18,19). The highest BCUT2D eigenvalue weighted by atomic mass is 35.5. The first-order valence-corrected chi connectivity index (χ1v) is 7.45. The van der Waals surface area contributed by atoms with Crippen LogP contribution in [0, 0.1) is 6.92 Å². The van der Waals surface area contributed by atoms with Crippen LogP contribution in [0.25, 0.3) is 0 Å². The van der Waals surface area contributed by atoms with Gasteiger partial charge in [0, 0.05) is 21.8 Å². The molecule has 4 nitrogen and oxygen atoms in total. The molecule has 0 saturated heterocycles. The molecule has 0 saturated carbocycles. The van der Waals surface area contributed by atoms with Crippen molar-refractivity contribution in [3.05, 3.63) is 45.4 Å². The van der Waals surface area contributed by atoms with Crippen molar-refractivity contribution in [1.82, 2.24) is 10.3 Å². The number of carbonyl (C=O) groups excluding carboxylic acids is 1. The number of thiazole rings is 1. The molecule has 1 heterocycles. The van der Waals surface area contributed by atoms with Crippen LogP contribution in [0.15, 0.2) is 30.5 Å². The molecule has 0 fully saturated rings. The van der Waals surface area contributed by atoms with Crippen LogP contribution in [-0.2, 0) is 4.79 Å². The molecule has 0 radical (unpaired) electrons. The fraction of sp³-hybridized carbons (Fsp3) is 0.286. The average Bonchev–Trinajstić information content (AvgIpc) is 2.85. The molecule has 0 bridgehead atoms. The Kier molecular flexibility index (Phi) is 5.11. The molecule has 20 heavy (non-hydrogen) atoms. The maximum absolute atomic E-state index is 11.8. The summed E-state index contributed by atoms with van der Waals surface area (Å²) in [6.45, 7) is 4.25. The second-order valence-electron chi connectivity index (χ2n) is 4.47. The van der Waals surface area contributed by atoms with Crippen LogP contribution in [0.1, 0.15) is 22.9 Å². The van der Waals surface area contributed by atoms with E-state index in [0.29, 0.717) is 5.02 Å². The van der Waals surface area contributed by atoms with Gasteiger partial charge in [-0.25, -0.2) is 4.98 Å². The van der Waals surface area contributed by atoms with Crippen molar-refractivity contribution in [3.8, 4) is 0 Å². The van der Waals surface area contributed by atoms with Gasteiger partial charge in [-0.3, -0.25) is 10.1 Å². The number of nitrogens with zero attached hydrogens (tertiary/aromatic N) is 1. The molecule has 0 aliphatic rings. The van der Waals surface area contributed by atoms with Gasteiger partial charge in [0.25, 0.3) is 0 Å². The van der Waals surface area contributed by atoms with Gasteiger partial charge in [0.05, 0.1) is 12.6 Å². The predicted molar refractivity (Wildman–Crippen MR) is 83.4 cm³/mol. The number of hydrogen-bond acceptors (Lipinski definition) is 4. The number of hydrogen-bond donors (Lipinski definition) is 2. The molecule has 2 aromatic rings. The zero-order chi connectivity index (χ0) is 14.5. The molecule has 0 aliphatic heterocycles. The van der Waals surface area contributed by atoms with Crippen LogP contribution in [0.3, 0.4) is 0 Å². The average molecular weight is 310 g/mol. The first kappa shape index (κ1) is 15.0. The summed E-state index contributed by atoms with van der Waals surface area (Å²) in [5.74, 6) is -0.0903. The third kappa shape index (κ3) is 4.30. The van der Waals surface area contributed by atoms with Gasteiger partial charge in [0.1, 0.15) is 5.01 Å². The lowest BCUT2D eigenvalue weighted by Gasteiger charge is -2.11. The van der Waals surface area contributed by atoms with Crippen molar-refractivity contribution in [2.24, 2.45) is 0 Å². The van der Waals surface area contributed by atoms with E-state index in [4.69, 9.17) is 11.6 Å². The Balaban J connectivity index is 1.81. The predicted octanol–water partition coefficient (Wildman–Crippen LogP) is 3.39. The number of carbonyl (C=O) groups is 1. The Morgan fingerprint density at radius 3 is 2.70 bits per heavy atom. The Labute approximate surface area is 127 Å². The summed E-state index contributed by atoms with van der Waals surface area (Å²) in [5, 5.41) is 7.59. The lowest BCUT2D eigenvalue weighted by molar-refractivity contribution is -0.115. The Hall–Kier alpha value is -1.43. The van der Waals surface area contributed by atoms with E-state index in [1.54, 1.807) is 35.6 Å². The number of anilines is 1.